The summed E-state index contributed by atoms with van der Waals surface area (Å²) in [6.07, 6.45) is 1.04. The molecule has 0 bridgehead atoms. The lowest BCUT2D eigenvalue weighted by atomic mass is 9.98. The minimum absolute atomic E-state index is 0. The minimum Gasteiger partial charge on any atom is -0.349 e. The van der Waals surface area contributed by atoms with Crippen LogP contribution in [0.4, 0.5) is 0 Å². The fraction of sp³-hybridized carbons (Fsp3) is 0.278. The Bertz CT molecular complexity index is 600. The van der Waals surface area contributed by atoms with E-state index in [0.717, 1.165) is 11.1 Å². The first-order valence-electron chi connectivity index (χ1n) is 7.39. The normalized spacial score (nSPS) is 12.8. The van der Waals surface area contributed by atoms with Gasteiger partial charge in [-0.25, -0.2) is 0 Å². The van der Waals surface area contributed by atoms with Gasteiger partial charge in [-0.3, -0.25) is 4.79 Å². The molecule has 0 aromatic heterocycles. The van der Waals surface area contributed by atoms with Crippen LogP contribution in [0.3, 0.4) is 0 Å². The maximum absolute atomic E-state index is 12.1. The Morgan fingerprint density at radius 1 is 1.13 bits per heavy atom. The van der Waals surface area contributed by atoms with Gasteiger partial charge < -0.3 is 11.1 Å². The van der Waals surface area contributed by atoms with Gasteiger partial charge in [0.15, 0.2) is 0 Å². The van der Waals surface area contributed by atoms with Crippen molar-refractivity contribution in [1.82, 2.24) is 5.32 Å². The van der Waals surface area contributed by atoms with Crippen molar-refractivity contribution in [2.24, 2.45) is 5.73 Å². The first-order valence-corrected chi connectivity index (χ1v) is 7.76. The summed E-state index contributed by atoms with van der Waals surface area (Å²) in [5, 5.41) is 3.79. The Morgan fingerprint density at radius 3 is 2.30 bits per heavy atom. The summed E-state index contributed by atoms with van der Waals surface area (Å²) in [5.74, 6) is -0.0298. The zero-order chi connectivity index (χ0) is 15.9. The summed E-state index contributed by atoms with van der Waals surface area (Å²) >= 11 is 5.92. The van der Waals surface area contributed by atoms with Crippen LogP contribution in [-0.2, 0) is 11.2 Å². The van der Waals surface area contributed by atoms with Gasteiger partial charge in [-0.1, -0.05) is 54.1 Å². The maximum Gasteiger partial charge on any atom is 0.222 e. The van der Waals surface area contributed by atoms with Crippen molar-refractivity contribution in [3.05, 3.63) is 70.7 Å². The van der Waals surface area contributed by atoms with Crippen molar-refractivity contribution < 1.29 is 4.79 Å². The third kappa shape index (κ3) is 6.61. The highest BCUT2D eigenvalue weighted by Gasteiger charge is 2.16. The van der Waals surface area contributed by atoms with Gasteiger partial charge in [0.25, 0.3) is 0 Å². The number of carbonyl (C=O) groups is 1. The summed E-state index contributed by atoms with van der Waals surface area (Å²) in [6.45, 7) is 1.83. The van der Waals surface area contributed by atoms with E-state index in [0.29, 0.717) is 17.9 Å². The molecule has 0 aliphatic rings. The maximum atomic E-state index is 12.1. The van der Waals surface area contributed by atoms with Crippen molar-refractivity contribution in [2.75, 3.05) is 0 Å². The summed E-state index contributed by atoms with van der Waals surface area (Å²) in [5.41, 5.74) is 7.90. The summed E-state index contributed by atoms with van der Waals surface area (Å²) in [7, 11) is 0. The van der Waals surface area contributed by atoms with E-state index in [4.69, 9.17) is 17.3 Å². The highest BCUT2D eigenvalue weighted by molar-refractivity contribution is 6.30. The third-order valence-electron chi connectivity index (χ3n) is 3.40. The van der Waals surface area contributed by atoms with Gasteiger partial charge in [-0.05, 0) is 36.6 Å². The van der Waals surface area contributed by atoms with Gasteiger partial charge in [0.1, 0.15) is 0 Å². The SMILES string of the molecule is CC(N)CC(=O)NC(Cc1ccc(Cl)cc1)c1ccccc1.Cl. The molecule has 5 heteroatoms. The molecule has 0 saturated heterocycles. The van der Waals surface area contributed by atoms with Crippen molar-refractivity contribution >= 4 is 29.9 Å². The minimum atomic E-state index is -0.146. The molecule has 0 saturated carbocycles. The van der Waals surface area contributed by atoms with Gasteiger partial charge in [-0.15, -0.1) is 12.4 Å². The molecule has 2 aromatic rings. The smallest absolute Gasteiger partial charge is 0.222 e. The van der Waals surface area contributed by atoms with Crippen LogP contribution < -0.4 is 11.1 Å². The van der Waals surface area contributed by atoms with Gasteiger partial charge in [0, 0.05) is 17.5 Å². The molecular weight excluding hydrogens is 331 g/mol. The Hall–Kier alpha value is -1.55. The lowest BCUT2D eigenvalue weighted by Crippen LogP contribution is -2.33. The molecule has 0 fully saturated rings. The Labute approximate surface area is 148 Å². The zero-order valence-corrected chi connectivity index (χ0v) is 14.6. The molecule has 0 aliphatic carbocycles. The standard InChI is InChI=1S/C18H21ClN2O.ClH/c1-13(20)11-18(22)21-17(15-5-3-2-4-6-15)12-14-7-9-16(19)10-8-14;/h2-10,13,17H,11-12,20H2,1H3,(H,21,22);1H. The molecular formula is C18H22Cl2N2O. The molecule has 3 nitrogen and oxygen atoms in total. The monoisotopic (exact) mass is 352 g/mol. The van der Waals surface area contributed by atoms with Gasteiger partial charge in [0.2, 0.25) is 5.91 Å². The number of benzene rings is 2. The highest BCUT2D eigenvalue weighted by atomic mass is 35.5. The van der Waals surface area contributed by atoms with E-state index < -0.39 is 0 Å². The number of halogens is 2. The van der Waals surface area contributed by atoms with E-state index >= 15 is 0 Å². The van der Waals surface area contributed by atoms with Crippen molar-refractivity contribution in [3.63, 3.8) is 0 Å². The number of carbonyl (C=O) groups excluding carboxylic acids is 1. The topological polar surface area (TPSA) is 55.1 Å². The molecule has 2 atom stereocenters. The summed E-state index contributed by atoms with van der Waals surface area (Å²) in [4.78, 5) is 12.1. The average molecular weight is 353 g/mol. The molecule has 2 aromatic carbocycles. The van der Waals surface area contributed by atoms with Crippen LogP contribution in [-0.4, -0.2) is 11.9 Å². The van der Waals surface area contributed by atoms with Gasteiger partial charge in [-0.2, -0.15) is 0 Å². The Balaban J connectivity index is 0.00000264. The molecule has 0 aliphatic heterocycles. The zero-order valence-electron chi connectivity index (χ0n) is 13.0. The van der Waals surface area contributed by atoms with Crippen molar-refractivity contribution in [3.8, 4) is 0 Å². The molecule has 3 N–H and O–H groups in total. The van der Waals surface area contributed by atoms with E-state index in [2.05, 4.69) is 5.32 Å². The Kier molecular flexibility index (Phi) is 8.10. The van der Waals surface area contributed by atoms with E-state index in [1.54, 1.807) is 0 Å². The van der Waals surface area contributed by atoms with Crippen molar-refractivity contribution in [1.29, 1.82) is 0 Å². The number of amides is 1. The third-order valence-corrected chi connectivity index (χ3v) is 3.65. The van der Waals surface area contributed by atoms with Crippen LogP contribution in [0.1, 0.15) is 30.5 Å². The van der Waals surface area contributed by atoms with Crippen LogP contribution in [0, 0.1) is 0 Å². The molecule has 0 heterocycles. The fourth-order valence-corrected chi connectivity index (χ4v) is 2.47. The average Bonchev–Trinajstić information content (AvgIpc) is 2.49. The van der Waals surface area contributed by atoms with Crippen LogP contribution >= 0.6 is 24.0 Å². The lowest BCUT2D eigenvalue weighted by Gasteiger charge is -2.20. The van der Waals surface area contributed by atoms with Crippen LogP contribution in [0.25, 0.3) is 0 Å². The quantitative estimate of drug-likeness (QED) is 0.828. The number of rotatable bonds is 6. The molecule has 2 rings (SSSR count). The molecule has 1 amide bonds. The van der Waals surface area contributed by atoms with Gasteiger partial charge in [0.05, 0.1) is 6.04 Å². The number of hydrogen-bond donors (Lipinski definition) is 2. The van der Waals surface area contributed by atoms with E-state index in [-0.39, 0.29) is 30.4 Å². The highest BCUT2D eigenvalue weighted by Crippen LogP contribution is 2.20. The molecule has 2 unspecified atom stereocenters. The summed E-state index contributed by atoms with van der Waals surface area (Å²) < 4.78 is 0. The second kappa shape index (κ2) is 9.56. The molecule has 0 spiro atoms. The second-order valence-corrected chi connectivity index (χ2v) is 5.98. The number of nitrogens with one attached hydrogen (secondary N) is 1. The van der Waals surface area contributed by atoms with Crippen molar-refractivity contribution in [2.45, 2.75) is 31.8 Å². The first kappa shape index (κ1) is 19.5. The predicted octanol–water partition coefficient (Wildman–Crippen LogP) is 3.90. The fourth-order valence-electron chi connectivity index (χ4n) is 2.34. The number of hydrogen-bond acceptors (Lipinski definition) is 2. The second-order valence-electron chi connectivity index (χ2n) is 5.54. The first-order chi connectivity index (χ1) is 10.5. The van der Waals surface area contributed by atoms with E-state index in [9.17, 15) is 4.79 Å². The van der Waals surface area contributed by atoms with Crippen LogP contribution in [0.15, 0.2) is 54.6 Å². The molecule has 23 heavy (non-hydrogen) atoms. The molecule has 124 valence electrons. The van der Waals surface area contributed by atoms with E-state index in [1.165, 1.54) is 0 Å². The van der Waals surface area contributed by atoms with Crippen LogP contribution in [0.5, 0.6) is 0 Å². The Morgan fingerprint density at radius 2 is 1.74 bits per heavy atom. The predicted molar refractivity (Wildman–Crippen MR) is 98.0 cm³/mol. The van der Waals surface area contributed by atoms with Crippen LogP contribution in [0.2, 0.25) is 5.02 Å². The summed E-state index contributed by atoms with van der Waals surface area (Å²) in [6, 6.07) is 17.4. The number of nitrogens with two attached hydrogens (primary N) is 1. The van der Waals surface area contributed by atoms with E-state index in [1.807, 2.05) is 61.5 Å². The molecule has 0 radical (unpaired) electrons. The lowest BCUT2D eigenvalue weighted by molar-refractivity contribution is -0.122. The largest absolute Gasteiger partial charge is 0.349 e. The van der Waals surface area contributed by atoms with Gasteiger partial charge >= 0.3 is 0 Å².